The number of hydrogen-bond donors (Lipinski definition) is 1. The lowest BCUT2D eigenvalue weighted by atomic mass is 10.2. The third-order valence-electron chi connectivity index (χ3n) is 1.77. The number of nitro benzene ring substituents is 1. The van der Waals surface area contributed by atoms with Crippen molar-refractivity contribution in [1.29, 1.82) is 0 Å². The van der Waals surface area contributed by atoms with E-state index in [1.54, 1.807) is 0 Å². The third kappa shape index (κ3) is 3.37. The highest BCUT2D eigenvalue weighted by Gasteiger charge is 2.20. The van der Waals surface area contributed by atoms with Crippen LogP contribution in [0.3, 0.4) is 0 Å². The van der Waals surface area contributed by atoms with Crippen LogP contribution in [0.5, 0.6) is 5.75 Å². The first kappa shape index (κ1) is 12.8. The molecule has 17 heavy (non-hydrogen) atoms. The Morgan fingerprint density at radius 2 is 2.18 bits per heavy atom. The van der Waals surface area contributed by atoms with Gasteiger partial charge in [-0.2, -0.15) is 0 Å². The van der Waals surface area contributed by atoms with Gasteiger partial charge in [0, 0.05) is 0 Å². The zero-order valence-electron chi connectivity index (χ0n) is 8.30. The molecule has 1 aromatic rings. The van der Waals surface area contributed by atoms with Crippen LogP contribution in [0.15, 0.2) is 18.2 Å². The van der Waals surface area contributed by atoms with E-state index in [1.165, 1.54) is 0 Å². The molecule has 6 nitrogen and oxygen atoms in total. The number of alkyl halides is 2. The van der Waals surface area contributed by atoms with Gasteiger partial charge < -0.3 is 9.84 Å². The molecule has 0 fully saturated rings. The van der Waals surface area contributed by atoms with Crippen LogP contribution < -0.4 is 4.74 Å². The van der Waals surface area contributed by atoms with E-state index < -0.39 is 35.2 Å². The number of nitrogens with zero attached hydrogens (tertiary/aromatic N) is 1. The number of carboxylic acid groups (broad SMARTS) is 1. The van der Waals surface area contributed by atoms with Gasteiger partial charge in [-0.3, -0.25) is 10.1 Å². The summed E-state index contributed by atoms with van der Waals surface area (Å²) in [5.41, 5.74) is -1.23. The van der Waals surface area contributed by atoms with Gasteiger partial charge in [-0.05, 0) is 12.1 Å². The number of rotatable bonds is 5. The fourth-order valence-electron chi connectivity index (χ4n) is 1.09. The Kier molecular flexibility index (Phi) is 3.91. The van der Waals surface area contributed by atoms with Crippen LogP contribution in [0.1, 0.15) is 10.4 Å². The van der Waals surface area contributed by atoms with E-state index in [4.69, 9.17) is 5.11 Å². The molecule has 8 heteroatoms. The molecule has 0 amide bonds. The van der Waals surface area contributed by atoms with Crippen molar-refractivity contribution in [1.82, 2.24) is 0 Å². The molecule has 1 aromatic carbocycles. The predicted octanol–water partition coefficient (Wildman–Crippen LogP) is 1.94. The molecule has 0 aromatic heterocycles. The van der Waals surface area contributed by atoms with Crippen LogP contribution in [0.4, 0.5) is 14.5 Å². The minimum absolute atomic E-state index is 0.179. The molecule has 1 N–H and O–H groups in total. The average Bonchev–Trinajstić information content (AvgIpc) is 2.25. The van der Waals surface area contributed by atoms with Gasteiger partial charge in [-0.15, -0.1) is 0 Å². The van der Waals surface area contributed by atoms with Gasteiger partial charge in [-0.1, -0.05) is 0 Å². The van der Waals surface area contributed by atoms with Gasteiger partial charge in [0.2, 0.25) is 0 Å². The third-order valence-corrected chi connectivity index (χ3v) is 1.77. The molecule has 1 rings (SSSR count). The number of ether oxygens (including phenoxy) is 1. The number of aromatic carboxylic acids is 1. The Morgan fingerprint density at radius 3 is 2.65 bits per heavy atom. The maximum Gasteiger partial charge on any atom is 0.342 e. The number of hydrogen-bond acceptors (Lipinski definition) is 4. The maximum atomic E-state index is 11.8. The van der Waals surface area contributed by atoms with E-state index in [2.05, 4.69) is 4.74 Å². The second-order valence-corrected chi connectivity index (χ2v) is 2.94. The van der Waals surface area contributed by atoms with E-state index in [0.717, 1.165) is 18.2 Å². The molecule has 0 aliphatic rings. The largest absolute Gasteiger partial charge is 0.487 e. The Labute approximate surface area is 93.6 Å². The summed E-state index contributed by atoms with van der Waals surface area (Å²) >= 11 is 0. The van der Waals surface area contributed by atoms with Gasteiger partial charge in [0.15, 0.2) is 0 Å². The minimum Gasteiger partial charge on any atom is -0.487 e. The summed E-state index contributed by atoms with van der Waals surface area (Å²) in [5.74, 6) is -1.65. The van der Waals surface area contributed by atoms with Gasteiger partial charge in [0.25, 0.3) is 12.1 Å². The average molecular weight is 247 g/mol. The molecule has 0 atom stereocenters. The topological polar surface area (TPSA) is 89.7 Å². The van der Waals surface area contributed by atoms with Crippen molar-refractivity contribution in [3.63, 3.8) is 0 Å². The summed E-state index contributed by atoms with van der Waals surface area (Å²) in [6.07, 6.45) is -2.71. The first-order valence-electron chi connectivity index (χ1n) is 4.34. The van der Waals surface area contributed by atoms with Crippen LogP contribution in [-0.2, 0) is 0 Å². The summed E-state index contributed by atoms with van der Waals surface area (Å²) in [5, 5.41) is 19.2. The van der Waals surface area contributed by atoms with Crippen LogP contribution in [-0.4, -0.2) is 29.0 Å². The van der Waals surface area contributed by atoms with E-state index in [1.807, 2.05) is 0 Å². The van der Waals surface area contributed by atoms with Crippen molar-refractivity contribution in [3.8, 4) is 5.75 Å². The van der Waals surface area contributed by atoms with Crippen LogP contribution in [0.25, 0.3) is 0 Å². The first-order chi connectivity index (χ1) is 7.91. The smallest absolute Gasteiger partial charge is 0.342 e. The minimum atomic E-state index is -2.71. The van der Waals surface area contributed by atoms with Crippen molar-refractivity contribution < 1.29 is 28.3 Å². The van der Waals surface area contributed by atoms with E-state index in [-0.39, 0.29) is 5.75 Å². The van der Waals surface area contributed by atoms with Crippen molar-refractivity contribution in [2.45, 2.75) is 6.43 Å². The molecule has 0 aliphatic carbocycles. The molecular formula is C9H7F2NO5. The second-order valence-electron chi connectivity index (χ2n) is 2.94. The van der Waals surface area contributed by atoms with Crippen molar-refractivity contribution in [2.75, 3.05) is 6.61 Å². The molecule has 0 radical (unpaired) electrons. The zero-order chi connectivity index (χ0) is 13.0. The molecule has 0 spiro atoms. The predicted molar refractivity (Wildman–Crippen MR) is 51.6 cm³/mol. The summed E-state index contributed by atoms with van der Waals surface area (Å²) in [7, 11) is 0. The molecule has 0 unspecified atom stereocenters. The Morgan fingerprint density at radius 1 is 1.53 bits per heavy atom. The van der Waals surface area contributed by atoms with Gasteiger partial charge >= 0.3 is 5.97 Å². The van der Waals surface area contributed by atoms with Gasteiger partial charge in [0.05, 0.1) is 11.0 Å². The number of carboxylic acids is 1. The SMILES string of the molecule is O=C(O)c1ccc(OCC(F)F)cc1[N+](=O)[O-]. The van der Waals surface area contributed by atoms with Crippen LogP contribution in [0, 0.1) is 10.1 Å². The standard InChI is InChI=1S/C9H7F2NO5/c10-8(11)4-17-5-1-2-6(9(13)14)7(3-5)12(15)16/h1-3,8H,4H2,(H,13,14). The fraction of sp³-hybridized carbons (Fsp3) is 0.222. The lowest BCUT2D eigenvalue weighted by Gasteiger charge is -2.05. The monoisotopic (exact) mass is 247 g/mol. The maximum absolute atomic E-state index is 11.8. The summed E-state index contributed by atoms with van der Waals surface area (Å²) in [6, 6.07) is 2.81. The molecular weight excluding hydrogens is 240 g/mol. The summed E-state index contributed by atoms with van der Waals surface area (Å²) in [6.45, 7) is -0.913. The Balaban J connectivity index is 3.02. The molecule has 92 valence electrons. The van der Waals surface area contributed by atoms with Crippen LogP contribution >= 0.6 is 0 Å². The Hall–Kier alpha value is -2.25. The highest BCUT2D eigenvalue weighted by Crippen LogP contribution is 2.24. The van der Waals surface area contributed by atoms with E-state index in [9.17, 15) is 23.7 Å². The van der Waals surface area contributed by atoms with Gasteiger partial charge in [-0.25, -0.2) is 13.6 Å². The lowest BCUT2D eigenvalue weighted by Crippen LogP contribution is -2.08. The van der Waals surface area contributed by atoms with Crippen molar-refractivity contribution in [2.24, 2.45) is 0 Å². The first-order valence-corrected chi connectivity index (χ1v) is 4.34. The summed E-state index contributed by atoms with van der Waals surface area (Å²) < 4.78 is 28.2. The number of benzene rings is 1. The highest BCUT2D eigenvalue weighted by molar-refractivity contribution is 5.92. The number of halogens is 2. The Bertz CT molecular complexity index is 449. The van der Waals surface area contributed by atoms with E-state index in [0.29, 0.717) is 0 Å². The molecule has 0 bridgehead atoms. The molecule has 0 saturated heterocycles. The van der Waals surface area contributed by atoms with Crippen LogP contribution in [0.2, 0.25) is 0 Å². The number of nitro groups is 1. The molecule has 0 heterocycles. The fourth-order valence-corrected chi connectivity index (χ4v) is 1.09. The second kappa shape index (κ2) is 5.19. The van der Waals surface area contributed by atoms with Crippen molar-refractivity contribution in [3.05, 3.63) is 33.9 Å². The quantitative estimate of drug-likeness (QED) is 0.634. The molecule has 0 saturated carbocycles. The van der Waals surface area contributed by atoms with Gasteiger partial charge in [0.1, 0.15) is 17.9 Å². The van der Waals surface area contributed by atoms with E-state index >= 15 is 0 Å². The summed E-state index contributed by atoms with van der Waals surface area (Å²) in [4.78, 5) is 20.3. The molecule has 0 aliphatic heterocycles. The number of carbonyl (C=O) groups is 1. The normalized spacial score (nSPS) is 10.3. The lowest BCUT2D eigenvalue weighted by molar-refractivity contribution is -0.385. The highest BCUT2D eigenvalue weighted by atomic mass is 19.3. The zero-order valence-corrected chi connectivity index (χ0v) is 8.30. The van der Waals surface area contributed by atoms with Crippen molar-refractivity contribution >= 4 is 11.7 Å².